The number of nitrogens with zero attached hydrogens (tertiary/aromatic N) is 3. The Balaban J connectivity index is 1.35. The first-order valence-corrected chi connectivity index (χ1v) is 12.6. The third-order valence-corrected chi connectivity index (χ3v) is 7.42. The van der Waals surface area contributed by atoms with E-state index < -0.39 is 23.7 Å². The van der Waals surface area contributed by atoms with Gasteiger partial charge in [0.1, 0.15) is 11.6 Å². The summed E-state index contributed by atoms with van der Waals surface area (Å²) in [5.41, 5.74) is 1.66. The summed E-state index contributed by atoms with van der Waals surface area (Å²) in [6.45, 7) is 3.35. The van der Waals surface area contributed by atoms with Crippen molar-refractivity contribution in [2.45, 2.75) is 24.9 Å². The average Bonchev–Trinajstić information content (AvgIpc) is 3.63. The molecule has 1 aliphatic carbocycles. The zero-order chi connectivity index (χ0) is 25.2. The summed E-state index contributed by atoms with van der Waals surface area (Å²) < 4.78 is 28.6. The molecule has 0 spiro atoms. The molecule has 36 heavy (non-hydrogen) atoms. The predicted octanol–water partition coefficient (Wildman–Crippen LogP) is 3.07. The number of nitrogens with one attached hydrogen (secondary N) is 1. The highest BCUT2D eigenvalue weighted by Crippen LogP contribution is 2.39. The SMILES string of the molecule is CN1CCN(C(=O)CN[C@H](C(=O)N2CC(c3cc(F)ccc3F)=CC2c2ccccc2)C2CC2)CC1. The molecule has 2 heterocycles. The molecular formula is C28H32F2N4O2. The highest BCUT2D eigenvalue weighted by Gasteiger charge is 2.42. The Morgan fingerprint density at radius 3 is 2.44 bits per heavy atom. The topological polar surface area (TPSA) is 55.9 Å². The number of hydrogen-bond acceptors (Lipinski definition) is 4. The van der Waals surface area contributed by atoms with E-state index in [4.69, 9.17) is 0 Å². The van der Waals surface area contributed by atoms with Gasteiger partial charge < -0.3 is 14.7 Å². The Morgan fingerprint density at radius 2 is 1.75 bits per heavy atom. The highest BCUT2D eigenvalue weighted by atomic mass is 19.1. The van der Waals surface area contributed by atoms with Gasteiger partial charge in [-0.3, -0.25) is 14.9 Å². The first-order valence-electron chi connectivity index (χ1n) is 12.6. The fraction of sp³-hybridized carbons (Fsp3) is 0.429. The second-order valence-corrected chi connectivity index (χ2v) is 10.0. The van der Waals surface area contributed by atoms with Crippen LogP contribution in [-0.4, -0.2) is 78.9 Å². The van der Waals surface area contributed by atoms with Crippen molar-refractivity contribution >= 4 is 17.4 Å². The number of halogens is 2. The van der Waals surface area contributed by atoms with E-state index in [-0.39, 0.29) is 36.4 Å². The zero-order valence-corrected chi connectivity index (χ0v) is 20.5. The predicted molar refractivity (Wildman–Crippen MR) is 134 cm³/mol. The van der Waals surface area contributed by atoms with Gasteiger partial charge in [-0.1, -0.05) is 36.4 Å². The number of benzene rings is 2. The molecule has 0 radical (unpaired) electrons. The molecule has 0 bridgehead atoms. The number of piperazine rings is 1. The summed E-state index contributed by atoms with van der Waals surface area (Å²) in [6, 6.07) is 12.1. The van der Waals surface area contributed by atoms with E-state index in [2.05, 4.69) is 10.2 Å². The molecular weight excluding hydrogens is 462 g/mol. The number of hydrogen-bond donors (Lipinski definition) is 1. The average molecular weight is 495 g/mol. The first-order chi connectivity index (χ1) is 17.4. The molecule has 8 heteroatoms. The van der Waals surface area contributed by atoms with E-state index in [1.807, 2.05) is 48.4 Å². The minimum atomic E-state index is -0.520. The van der Waals surface area contributed by atoms with Gasteiger partial charge in [0.15, 0.2) is 0 Å². The van der Waals surface area contributed by atoms with Gasteiger partial charge in [0.05, 0.1) is 18.6 Å². The van der Waals surface area contributed by atoms with Crippen molar-refractivity contribution in [1.82, 2.24) is 20.0 Å². The smallest absolute Gasteiger partial charge is 0.241 e. The third kappa shape index (κ3) is 5.34. The van der Waals surface area contributed by atoms with E-state index in [1.165, 1.54) is 6.07 Å². The first kappa shape index (κ1) is 24.6. The lowest BCUT2D eigenvalue weighted by Crippen LogP contribution is -2.53. The molecule has 3 aliphatic rings. The Hall–Kier alpha value is -3.10. The summed E-state index contributed by atoms with van der Waals surface area (Å²) in [6.07, 6.45) is 3.70. The second kappa shape index (κ2) is 10.5. The summed E-state index contributed by atoms with van der Waals surface area (Å²) in [5, 5.41) is 3.26. The van der Waals surface area contributed by atoms with Crippen LogP contribution >= 0.6 is 0 Å². The maximum absolute atomic E-state index is 14.6. The second-order valence-electron chi connectivity index (χ2n) is 10.0. The lowest BCUT2D eigenvalue weighted by atomic mass is 10.0. The minimum absolute atomic E-state index is 0.00299. The normalized spacial score (nSPS) is 21.4. The summed E-state index contributed by atoms with van der Waals surface area (Å²) in [5.74, 6) is -0.973. The molecule has 1 N–H and O–H groups in total. The van der Waals surface area contributed by atoms with E-state index >= 15 is 0 Å². The van der Waals surface area contributed by atoms with Crippen LogP contribution in [0, 0.1) is 17.6 Å². The van der Waals surface area contributed by atoms with Crippen molar-refractivity contribution < 1.29 is 18.4 Å². The number of carbonyl (C=O) groups is 2. The minimum Gasteiger partial charge on any atom is -0.339 e. The Kier molecular flexibility index (Phi) is 7.16. The number of likely N-dealkylation sites (N-methyl/N-ethyl adjacent to an activating group) is 1. The van der Waals surface area contributed by atoms with E-state index in [9.17, 15) is 18.4 Å². The van der Waals surface area contributed by atoms with Crippen molar-refractivity contribution in [2.24, 2.45) is 5.92 Å². The zero-order valence-electron chi connectivity index (χ0n) is 20.5. The van der Waals surface area contributed by atoms with Gasteiger partial charge in [0.25, 0.3) is 0 Å². The van der Waals surface area contributed by atoms with Crippen LogP contribution in [0.15, 0.2) is 54.6 Å². The molecule has 6 nitrogen and oxygen atoms in total. The van der Waals surface area contributed by atoms with Crippen LogP contribution in [0.2, 0.25) is 0 Å². The van der Waals surface area contributed by atoms with Gasteiger partial charge in [-0.2, -0.15) is 0 Å². The van der Waals surface area contributed by atoms with Gasteiger partial charge in [-0.15, -0.1) is 0 Å². The van der Waals surface area contributed by atoms with Crippen LogP contribution in [0.25, 0.3) is 5.57 Å². The lowest BCUT2D eigenvalue weighted by Gasteiger charge is -2.33. The molecule has 190 valence electrons. The van der Waals surface area contributed by atoms with Gasteiger partial charge in [-0.25, -0.2) is 8.78 Å². The quantitative estimate of drug-likeness (QED) is 0.643. The van der Waals surface area contributed by atoms with E-state index in [1.54, 1.807) is 4.90 Å². The Morgan fingerprint density at radius 1 is 1.03 bits per heavy atom. The third-order valence-electron chi connectivity index (χ3n) is 7.42. The molecule has 1 saturated heterocycles. The van der Waals surface area contributed by atoms with Crippen LogP contribution in [0.5, 0.6) is 0 Å². The van der Waals surface area contributed by atoms with Crippen molar-refractivity contribution in [3.05, 3.63) is 77.4 Å². The molecule has 2 amide bonds. The largest absolute Gasteiger partial charge is 0.339 e. The van der Waals surface area contributed by atoms with Crippen LogP contribution in [0.1, 0.15) is 30.0 Å². The molecule has 0 aromatic heterocycles. The molecule has 2 atom stereocenters. The molecule has 2 aromatic rings. The van der Waals surface area contributed by atoms with Crippen LogP contribution in [0.4, 0.5) is 8.78 Å². The number of amides is 2. The van der Waals surface area contributed by atoms with Crippen LogP contribution < -0.4 is 5.32 Å². The molecule has 1 saturated carbocycles. The van der Waals surface area contributed by atoms with Gasteiger partial charge in [0, 0.05) is 38.3 Å². The fourth-order valence-electron chi connectivity index (χ4n) is 5.10. The van der Waals surface area contributed by atoms with Gasteiger partial charge >= 0.3 is 0 Å². The highest BCUT2D eigenvalue weighted by molar-refractivity contribution is 5.88. The number of carbonyl (C=O) groups excluding carboxylic acids is 2. The fourth-order valence-corrected chi connectivity index (χ4v) is 5.10. The Labute approximate surface area is 210 Å². The standard InChI is InChI=1S/C28H32F2N4O2/c1-32-11-13-33(14-12-32)26(35)17-31-27(20-7-8-20)28(36)34-18-21(23-16-22(29)9-10-24(23)30)15-25(34)19-5-3-2-4-6-19/h2-6,9-10,15-16,20,25,27,31H,7-8,11-14,17-18H2,1H3/t25?,27-/m0/s1. The van der Waals surface area contributed by atoms with E-state index in [0.29, 0.717) is 18.7 Å². The lowest BCUT2D eigenvalue weighted by molar-refractivity contribution is -0.135. The Bertz CT molecular complexity index is 1140. The summed E-state index contributed by atoms with van der Waals surface area (Å²) in [7, 11) is 2.04. The van der Waals surface area contributed by atoms with Crippen molar-refractivity contribution in [2.75, 3.05) is 46.3 Å². The van der Waals surface area contributed by atoms with Gasteiger partial charge in [0.2, 0.25) is 11.8 Å². The van der Waals surface area contributed by atoms with Crippen LogP contribution in [-0.2, 0) is 9.59 Å². The van der Waals surface area contributed by atoms with Crippen molar-refractivity contribution in [1.29, 1.82) is 0 Å². The molecule has 2 aliphatic heterocycles. The van der Waals surface area contributed by atoms with Crippen molar-refractivity contribution in [3.8, 4) is 0 Å². The van der Waals surface area contributed by atoms with Crippen LogP contribution in [0.3, 0.4) is 0 Å². The summed E-state index contributed by atoms with van der Waals surface area (Å²) >= 11 is 0. The van der Waals surface area contributed by atoms with E-state index in [0.717, 1.165) is 43.6 Å². The molecule has 1 unspecified atom stereocenters. The van der Waals surface area contributed by atoms with Crippen molar-refractivity contribution in [3.63, 3.8) is 0 Å². The summed E-state index contributed by atoms with van der Waals surface area (Å²) in [4.78, 5) is 32.5. The maximum Gasteiger partial charge on any atom is 0.241 e. The molecule has 2 aromatic carbocycles. The monoisotopic (exact) mass is 494 g/mol. The van der Waals surface area contributed by atoms with Gasteiger partial charge in [-0.05, 0) is 55.1 Å². The number of rotatable bonds is 7. The molecule has 2 fully saturated rings. The molecule has 5 rings (SSSR count). The maximum atomic E-state index is 14.6.